The monoisotopic (exact) mass is 396 g/mol. The first kappa shape index (κ1) is 20.8. The predicted octanol–water partition coefficient (Wildman–Crippen LogP) is 2.01. The van der Waals surface area contributed by atoms with Crippen LogP contribution < -0.4 is 15.4 Å². The molecular formula is C20H30F2N4O2. The molecule has 8 heteroatoms. The number of nitrogens with one attached hydrogen (secondary N) is 2. The Morgan fingerprint density at radius 1 is 1.25 bits per heavy atom. The molecule has 2 heterocycles. The Kier molecular flexibility index (Phi) is 7.85. The van der Waals surface area contributed by atoms with Gasteiger partial charge in [-0.2, -0.15) is 0 Å². The van der Waals surface area contributed by atoms with Gasteiger partial charge in [-0.05, 0) is 37.3 Å². The molecule has 2 aliphatic heterocycles. The van der Waals surface area contributed by atoms with Gasteiger partial charge in [0.25, 0.3) is 0 Å². The number of rotatable bonds is 7. The van der Waals surface area contributed by atoms with Crippen LogP contribution in [0.5, 0.6) is 5.75 Å². The molecule has 1 aromatic carbocycles. The van der Waals surface area contributed by atoms with Crippen molar-refractivity contribution in [2.24, 2.45) is 10.9 Å². The summed E-state index contributed by atoms with van der Waals surface area (Å²) >= 11 is 0. The van der Waals surface area contributed by atoms with Crippen LogP contribution in [0.4, 0.5) is 8.78 Å². The van der Waals surface area contributed by atoms with Gasteiger partial charge in [-0.1, -0.05) is 0 Å². The molecule has 156 valence electrons. The van der Waals surface area contributed by atoms with Crippen LogP contribution in [0, 0.1) is 17.6 Å². The van der Waals surface area contributed by atoms with Crippen molar-refractivity contribution >= 4 is 5.96 Å². The summed E-state index contributed by atoms with van der Waals surface area (Å²) in [5.41, 5.74) is 0. The number of hydrogen-bond donors (Lipinski definition) is 2. The van der Waals surface area contributed by atoms with Crippen molar-refractivity contribution in [3.63, 3.8) is 0 Å². The third kappa shape index (κ3) is 6.31. The normalized spacial score (nSPS) is 21.7. The Bertz CT molecular complexity index is 645. The first-order valence-corrected chi connectivity index (χ1v) is 9.99. The van der Waals surface area contributed by atoms with Crippen molar-refractivity contribution in [3.8, 4) is 5.75 Å². The topological polar surface area (TPSA) is 58.1 Å². The number of nitrogens with zero attached hydrogens (tertiary/aromatic N) is 2. The molecule has 1 unspecified atom stereocenters. The van der Waals surface area contributed by atoms with E-state index in [1.807, 2.05) is 0 Å². The molecule has 0 aromatic heterocycles. The van der Waals surface area contributed by atoms with Gasteiger partial charge in [-0.3, -0.25) is 4.99 Å². The third-order valence-electron chi connectivity index (χ3n) is 5.25. The van der Waals surface area contributed by atoms with Crippen LogP contribution in [-0.4, -0.2) is 69.9 Å². The second-order valence-corrected chi connectivity index (χ2v) is 7.37. The van der Waals surface area contributed by atoms with E-state index < -0.39 is 11.6 Å². The fraction of sp³-hybridized carbons (Fsp3) is 0.650. The van der Waals surface area contributed by atoms with Crippen LogP contribution in [0.25, 0.3) is 0 Å². The highest BCUT2D eigenvalue weighted by atomic mass is 19.2. The van der Waals surface area contributed by atoms with E-state index in [-0.39, 0.29) is 0 Å². The van der Waals surface area contributed by atoms with Gasteiger partial charge < -0.3 is 25.0 Å². The molecule has 3 rings (SSSR count). The average Bonchev–Trinajstić information content (AvgIpc) is 3.21. The van der Waals surface area contributed by atoms with Crippen LogP contribution >= 0.6 is 0 Å². The number of likely N-dealkylation sites (tertiary alicyclic amines) is 1. The highest BCUT2D eigenvalue weighted by Crippen LogP contribution is 2.18. The lowest BCUT2D eigenvalue weighted by Crippen LogP contribution is -2.49. The maximum atomic E-state index is 13.2. The second-order valence-electron chi connectivity index (χ2n) is 7.37. The van der Waals surface area contributed by atoms with E-state index in [1.165, 1.54) is 12.5 Å². The SMILES string of the molecule is CN=C(NCCOc1ccc(F)c(F)c1)NC1CCN(CC2CCOC2)CC1. The van der Waals surface area contributed by atoms with Crippen LogP contribution in [0.15, 0.2) is 23.2 Å². The standard InChI is InChI=1S/C20H30F2N4O2/c1-23-20(24-7-11-28-17-2-3-18(21)19(22)12-17)25-16-4-8-26(9-5-16)13-15-6-10-27-14-15/h2-3,12,15-16H,4-11,13-14H2,1H3,(H2,23,24,25). The fourth-order valence-electron chi connectivity index (χ4n) is 3.65. The number of benzene rings is 1. The molecule has 28 heavy (non-hydrogen) atoms. The van der Waals surface area contributed by atoms with Crippen LogP contribution in [0.2, 0.25) is 0 Å². The van der Waals surface area contributed by atoms with Gasteiger partial charge >= 0.3 is 0 Å². The van der Waals surface area contributed by atoms with Crippen molar-refractivity contribution in [1.82, 2.24) is 15.5 Å². The Balaban J connectivity index is 1.31. The van der Waals surface area contributed by atoms with E-state index in [0.717, 1.165) is 63.8 Å². The second kappa shape index (κ2) is 10.6. The van der Waals surface area contributed by atoms with Crippen LogP contribution in [0.1, 0.15) is 19.3 Å². The van der Waals surface area contributed by atoms with Crippen molar-refractivity contribution in [2.45, 2.75) is 25.3 Å². The van der Waals surface area contributed by atoms with Crippen molar-refractivity contribution < 1.29 is 18.3 Å². The Hall–Kier alpha value is -1.93. The molecule has 0 spiro atoms. The van der Waals surface area contributed by atoms with Gasteiger partial charge in [0.2, 0.25) is 0 Å². The molecule has 2 N–H and O–H groups in total. The summed E-state index contributed by atoms with van der Waals surface area (Å²) in [6.45, 7) is 5.97. The molecule has 1 aromatic rings. The maximum absolute atomic E-state index is 13.2. The lowest BCUT2D eigenvalue weighted by atomic mass is 10.0. The van der Waals surface area contributed by atoms with E-state index in [0.29, 0.717) is 30.9 Å². The summed E-state index contributed by atoms with van der Waals surface area (Å²) in [5.74, 6) is -0.0545. The third-order valence-corrected chi connectivity index (χ3v) is 5.25. The van der Waals surface area contributed by atoms with Crippen molar-refractivity contribution in [3.05, 3.63) is 29.8 Å². The number of halogens is 2. The molecule has 2 saturated heterocycles. The fourth-order valence-corrected chi connectivity index (χ4v) is 3.65. The first-order valence-electron chi connectivity index (χ1n) is 9.99. The number of aliphatic imine (C=N–C) groups is 1. The quantitative estimate of drug-likeness (QED) is 0.420. The molecule has 1 atom stereocenters. The molecule has 2 fully saturated rings. The van der Waals surface area contributed by atoms with E-state index >= 15 is 0 Å². The van der Waals surface area contributed by atoms with Crippen molar-refractivity contribution in [1.29, 1.82) is 0 Å². The van der Waals surface area contributed by atoms with Crippen LogP contribution in [0.3, 0.4) is 0 Å². The summed E-state index contributed by atoms with van der Waals surface area (Å²) < 4.78 is 37.0. The van der Waals surface area contributed by atoms with Gasteiger partial charge in [-0.15, -0.1) is 0 Å². The number of hydrogen-bond acceptors (Lipinski definition) is 4. The van der Waals surface area contributed by atoms with Gasteiger partial charge in [0, 0.05) is 45.4 Å². The van der Waals surface area contributed by atoms with E-state index in [1.54, 1.807) is 7.05 Å². The molecule has 2 aliphatic rings. The minimum Gasteiger partial charge on any atom is -0.492 e. The van der Waals surface area contributed by atoms with E-state index in [2.05, 4.69) is 20.5 Å². The number of piperidine rings is 1. The van der Waals surface area contributed by atoms with Crippen molar-refractivity contribution in [2.75, 3.05) is 53.0 Å². The number of guanidine groups is 1. The summed E-state index contributed by atoms with van der Waals surface area (Å²) in [4.78, 5) is 6.78. The zero-order valence-electron chi connectivity index (χ0n) is 16.4. The van der Waals surface area contributed by atoms with Gasteiger partial charge in [0.05, 0.1) is 13.2 Å². The molecule has 0 aliphatic carbocycles. The Morgan fingerprint density at radius 3 is 2.75 bits per heavy atom. The highest BCUT2D eigenvalue weighted by molar-refractivity contribution is 5.79. The average molecular weight is 396 g/mol. The summed E-state index contributed by atoms with van der Waals surface area (Å²) in [6, 6.07) is 3.92. The summed E-state index contributed by atoms with van der Waals surface area (Å²) in [6.07, 6.45) is 3.35. The lowest BCUT2D eigenvalue weighted by Gasteiger charge is -2.34. The Morgan fingerprint density at radius 2 is 2.07 bits per heavy atom. The highest BCUT2D eigenvalue weighted by Gasteiger charge is 2.24. The van der Waals surface area contributed by atoms with Crippen LogP contribution in [-0.2, 0) is 4.74 Å². The summed E-state index contributed by atoms with van der Waals surface area (Å²) in [7, 11) is 1.74. The zero-order chi connectivity index (χ0) is 19.8. The first-order chi connectivity index (χ1) is 13.6. The molecular weight excluding hydrogens is 366 g/mol. The number of ether oxygens (including phenoxy) is 2. The minimum atomic E-state index is -0.908. The van der Waals surface area contributed by atoms with E-state index in [4.69, 9.17) is 9.47 Å². The molecule has 0 bridgehead atoms. The molecule has 6 nitrogen and oxygen atoms in total. The predicted molar refractivity (Wildman–Crippen MR) is 105 cm³/mol. The smallest absolute Gasteiger partial charge is 0.191 e. The minimum absolute atomic E-state index is 0.309. The van der Waals surface area contributed by atoms with Gasteiger partial charge in [-0.25, -0.2) is 8.78 Å². The van der Waals surface area contributed by atoms with Gasteiger partial charge in [0.15, 0.2) is 17.6 Å². The molecule has 0 amide bonds. The lowest BCUT2D eigenvalue weighted by molar-refractivity contribution is 0.150. The Labute approximate surface area is 165 Å². The molecule has 0 radical (unpaired) electrons. The van der Waals surface area contributed by atoms with Gasteiger partial charge in [0.1, 0.15) is 12.4 Å². The zero-order valence-corrected chi connectivity index (χ0v) is 16.4. The molecule has 0 saturated carbocycles. The summed E-state index contributed by atoms with van der Waals surface area (Å²) in [5, 5.41) is 6.66. The van der Waals surface area contributed by atoms with E-state index in [9.17, 15) is 8.78 Å². The maximum Gasteiger partial charge on any atom is 0.191 e. The largest absolute Gasteiger partial charge is 0.492 e.